The highest BCUT2D eigenvalue weighted by atomic mass is 19.1. The van der Waals surface area contributed by atoms with Crippen LogP contribution in [-0.2, 0) is 13.1 Å². The molecule has 2 bridgehead atoms. The number of aromatic nitrogens is 1. The van der Waals surface area contributed by atoms with E-state index in [1.165, 1.54) is 22.6 Å². The summed E-state index contributed by atoms with van der Waals surface area (Å²) in [6, 6.07) is 1.40. The zero-order valence-electron chi connectivity index (χ0n) is 17.1. The first-order chi connectivity index (χ1) is 15.2. The minimum atomic E-state index is -1.13. The standard InChI is InChI=1S/C22H20F3N3O4/c1-9-2-13(23)11(14(24)3-9)6-26-21(31)12-7-27-8-17-10-4-15(25)16(5-10)28(17)22(32)18(27)20(30)19(12)29/h2-3,7,10,15-17,30H,4-6,8H2,1H3,(H,26,31)/t10-,15-,16-,17+/m1/s1. The number of piperidine rings is 1. The van der Waals surface area contributed by atoms with Crippen molar-refractivity contribution >= 4 is 11.8 Å². The van der Waals surface area contributed by atoms with E-state index in [0.717, 1.165) is 12.1 Å². The Balaban J connectivity index is 1.44. The summed E-state index contributed by atoms with van der Waals surface area (Å²) in [5.74, 6) is -4.17. The van der Waals surface area contributed by atoms with E-state index in [4.69, 9.17) is 0 Å². The number of carbonyl (C=O) groups is 2. The van der Waals surface area contributed by atoms with Gasteiger partial charge in [-0.15, -0.1) is 0 Å². The number of nitrogens with one attached hydrogen (secondary N) is 1. The third kappa shape index (κ3) is 2.92. The summed E-state index contributed by atoms with van der Waals surface area (Å²) in [7, 11) is 0. The van der Waals surface area contributed by atoms with E-state index in [-0.39, 0.29) is 29.8 Å². The lowest BCUT2D eigenvalue weighted by atomic mass is 9.95. The minimum Gasteiger partial charge on any atom is -0.503 e. The van der Waals surface area contributed by atoms with Gasteiger partial charge in [-0.2, -0.15) is 0 Å². The molecule has 7 nitrogen and oxygen atoms in total. The van der Waals surface area contributed by atoms with E-state index < -0.39 is 58.9 Å². The van der Waals surface area contributed by atoms with Gasteiger partial charge in [0, 0.05) is 24.8 Å². The second kappa shape index (κ2) is 7.11. The van der Waals surface area contributed by atoms with Crippen LogP contribution in [0.1, 0.15) is 44.8 Å². The number of alkyl halides is 1. The minimum absolute atomic E-state index is 0.0292. The van der Waals surface area contributed by atoms with Gasteiger partial charge in [0.15, 0.2) is 11.4 Å². The fourth-order valence-corrected chi connectivity index (χ4v) is 5.28. The number of benzene rings is 1. The van der Waals surface area contributed by atoms with Crippen LogP contribution in [0.2, 0.25) is 0 Å². The molecule has 2 aliphatic heterocycles. The zero-order chi connectivity index (χ0) is 22.9. The third-order valence-corrected chi connectivity index (χ3v) is 6.78. The number of halogens is 3. The Labute approximate surface area is 180 Å². The number of fused-ring (bicyclic) bond motifs is 6. The van der Waals surface area contributed by atoms with Crippen molar-refractivity contribution in [3.8, 4) is 5.75 Å². The van der Waals surface area contributed by atoms with Crippen LogP contribution in [0, 0.1) is 24.5 Å². The molecule has 168 valence electrons. The lowest BCUT2D eigenvalue weighted by molar-refractivity contribution is 0.0315. The van der Waals surface area contributed by atoms with Crippen LogP contribution in [0.25, 0.3) is 0 Å². The van der Waals surface area contributed by atoms with Crippen molar-refractivity contribution < 1.29 is 27.9 Å². The van der Waals surface area contributed by atoms with Crippen molar-refractivity contribution in [2.45, 2.75) is 51.1 Å². The number of amides is 2. The van der Waals surface area contributed by atoms with E-state index in [9.17, 15) is 32.7 Å². The van der Waals surface area contributed by atoms with E-state index >= 15 is 0 Å². The van der Waals surface area contributed by atoms with E-state index in [1.807, 2.05) is 0 Å². The molecule has 0 radical (unpaired) electrons. The Morgan fingerprint density at radius 1 is 1.19 bits per heavy atom. The molecule has 1 aromatic carbocycles. The van der Waals surface area contributed by atoms with Crippen LogP contribution < -0.4 is 10.7 Å². The molecule has 1 aromatic heterocycles. The molecule has 0 unspecified atom stereocenters. The summed E-state index contributed by atoms with van der Waals surface area (Å²) >= 11 is 0. The quantitative estimate of drug-likeness (QED) is 0.753. The molecule has 2 fully saturated rings. The Morgan fingerprint density at radius 3 is 2.56 bits per heavy atom. The first-order valence-corrected chi connectivity index (χ1v) is 10.3. The predicted octanol–water partition coefficient (Wildman–Crippen LogP) is 2.03. The maximum Gasteiger partial charge on any atom is 0.275 e. The van der Waals surface area contributed by atoms with Crippen molar-refractivity contribution in [1.82, 2.24) is 14.8 Å². The summed E-state index contributed by atoms with van der Waals surface area (Å²) in [4.78, 5) is 39.6. The lowest BCUT2D eigenvalue weighted by Crippen LogP contribution is -2.55. The van der Waals surface area contributed by atoms with Gasteiger partial charge >= 0.3 is 0 Å². The molecule has 0 spiro atoms. The predicted molar refractivity (Wildman–Crippen MR) is 106 cm³/mol. The maximum atomic E-state index is 14.2. The average molecular weight is 447 g/mol. The molecule has 3 heterocycles. The molecule has 2 aromatic rings. The van der Waals surface area contributed by atoms with E-state index in [1.54, 1.807) is 0 Å². The molecule has 1 saturated carbocycles. The van der Waals surface area contributed by atoms with Crippen molar-refractivity contribution in [2.75, 3.05) is 0 Å². The van der Waals surface area contributed by atoms with Gasteiger partial charge in [0.2, 0.25) is 5.43 Å². The number of hydrogen-bond donors (Lipinski definition) is 2. The fraction of sp³-hybridized carbons (Fsp3) is 0.409. The SMILES string of the molecule is Cc1cc(F)c(CNC(=O)c2cn3c(c(O)c2=O)C(=O)N2[C@@H]4C[C@@H](C[C@H]4F)[C@@H]2C3)c(F)c1. The Bertz CT molecular complexity index is 1200. The first-order valence-electron chi connectivity index (χ1n) is 10.3. The van der Waals surface area contributed by atoms with Gasteiger partial charge in [0.25, 0.3) is 11.8 Å². The van der Waals surface area contributed by atoms with Crippen molar-refractivity contribution in [3.05, 3.63) is 62.6 Å². The normalized spacial score (nSPS) is 25.6. The second-order valence-electron chi connectivity index (χ2n) is 8.71. The first kappa shape index (κ1) is 20.6. The number of aryl methyl sites for hydroxylation is 1. The van der Waals surface area contributed by atoms with Gasteiger partial charge < -0.3 is 19.9 Å². The number of carbonyl (C=O) groups excluding carboxylic acids is 2. The maximum absolute atomic E-state index is 14.2. The molecule has 2 amide bonds. The van der Waals surface area contributed by atoms with Gasteiger partial charge in [-0.1, -0.05) is 0 Å². The molecule has 1 saturated heterocycles. The van der Waals surface area contributed by atoms with Crippen LogP contribution in [0.15, 0.2) is 23.1 Å². The summed E-state index contributed by atoms with van der Waals surface area (Å²) < 4.78 is 43.6. The Kier molecular flexibility index (Phi) is 4.58. The van der Waals surface area contributed by atoms with Crippen LogP contribution in [0.4, 0.5) is 13.2 Å². The monoisotopic (exact) mass is 447 g/mol. The molecule has 2 N–H and O–H groups in total. The second-order valence-corrected chi connectivity index (χ2v) is 8.71. The van der Waals surface area contributed by atoms with Crippen LogP contribution in [-0.4, -0.2) is 44.6 Å². The van der Waals surface area contributed by atoms with Crippen molar-refractivity contribution in [1.29, 1.82) is 0 Å². The van der Waals surface area contributed by atoms with Gasteiger partial charge in [-0.3, -0.25) is 14.4 Å². The van der Waals surface area contributed by atoms with Gasteiger partial charge in [0.05, 0.1) is 12.1 Å². The Hall–Kier alpha value is -3.30. The summed E-state index contributed by atoms with van der Waals surface area (Å²) in [5, 5.41) is 12.7. The molecule has 4 atom stereocenters. The molecule has 1 aliphatic carbocycles. The highest BCUT2D eigenvalue weighted by molar-refractivity contribution is 5.99. The summed E-state index contributed by atoms with van der Waals surface area (Å²) in [5.41, 5.74) is -1.79. The molecule has 10 heteroatoms. The van der Waals surface area contributed by atoms with E-state index in [2.05, 4.69) is 5.32 Å². The highest BCUT2D eigenvalue weighted by Crippen LogP contribution is 2.47. The van der Waals surface area contributed by atoms with E-state index in [0.29, 0.717) is 18.4 Å². The van der Waals surface area contributed by atoms with Gasteiger partial charge in [-0.05, 0) is 43.4 Å². The van der Waals surface area contributed by atoms with Gasteiger partial charge in [-0.25, -0.2) is 13.2 Å². The topological polar surface area (TPSA) is 91.6 Å². The largest absolute Gasteiger partial charge is 0.503 e. The number of aromatic hydroxyl groups is 1. The van der Waals surface area contributed by atoms with Crippen LogP contribution >= 0.6 is 0 Å². The summed E-state index contributed by atoms with van der Waals surface area (Å²) in [6.07, 6.45) is 0.913. The molecule has 3 aliphatic rings. The molecule has 32 heavy (non-hydrogen) atoms. The number of hydrogen-bond acceptors (Lipinski definition) is 4. The molecular weight excluding hydrogens is 427 g/mol. The molecular formula is C22H20F3N3O4. The van der Waals surface area contributed by atoms with Crippen LogP contribution in [0.5, 0.6) is 5.75 Å². The van der Waals surface area contributed by atoms with Crippen LogP contribution in [0.3, 0.4) is 0 Å². The smallest absolute Gasteiger partial charge is 0.275 e. The zero-order valence-corrected chi connectivity index (χ0v) is 17.1. The van der Waals surface area contributed by atoms with Crippen molar-refractivity contribution in [2.24, 2.45) is 5.92 Å². The Morgan fingerprint density at radius 2 is 1.88 bits per heavy atom. The molecule has 5 rings (SSSR count). The lowest BCUT2D eigenvalue weighted by Gasteiger charge is -2.41. The number of nitrogens with zero attached hydrogens (tertiary/aromatic N) is 2. The average Bonchev–Trinajstić information content (AvgIpc) is 3.27. The fourth-order valence-electron chi connectivity index (χ4n) is 5.28. The third-order valence-electron chi connectivity index (χ3n) is 6.78. The van der Waals surface area contributed by atoms with Gasteiger partial charge in [0.1, 0.15) is 23.4 Å². The van der Waals surface area contributed by atoms with Crippen molar-refractivity contribution in [3.63, 3.8) is 0 Å². The number of rotatable bonds is 3. The summed E-state index contributed by atoms with van der Waals surface area (Å²) in [6.45, 7) is 1.23. The number of pyridine rings is 1. The highest BCUT2D eigenvalue weighted by Gasteiger charge is 2.56.